The lowest BCUT2D eigenvalue weighted by molar-refractivity contribution is 0.771. The van der Waals surface area contributed by atoms with E-state index in [4.69, 9.17) is 5.26 Å². The van der Waals surface area contributed by atoms with E-state index < -0.39 is 0 Å². The summed E-state index contributed by atoms with van der Waals surface area (Å²) in [7, 11) is 1.15. The Labute approximate surface area is 60.8 Å². The first-order chi connectivity index (χ1) is 4.33. The van der Waals surface area contributed by atoms with Crippen LogP contribution in [0.3, 0.4) is 0 Å². The van der Waals surface area contributed by atoms with E-state index in [-0.39, 0.29) is 0 Å². The summed E-state index contributed by atoms with van der Waals surface area (Å²) >= 11 is 0. The van der Waals surface area contributed by atoms with Crippen LogP contribution in [0.4, 0.5) is 0 Å². The molecule has 9 heavy (non-hydrogen) atoms. The van der Waals surface area contributed by atoms with Gasteiger partial charge in [-0.15, -0.1) is 0 Å². The van der Waals surface area contributed by atoms with Crippen molar-refractivity contribution in [2.45, 2.75) is 26.7 Å². The Morgan fingerprint density at radius 2 is 2.11 bits per heavy atom. The molecule has 0 aromatic rings. The van der Waals surface area contributed by atoms with Gasteiger partial charge in [0.25, 0.3) is 0 Å². The van der Waals surface area contributed by atoms with Gasteiger partial charge in [-0.1, -0.05) is 13.3 Å². The normalized spacial score (nSPS) is 7.22. The van der Waals surface area contributed by atoms with Crippen LogP contribution in [0.1, 0.15) is 26.7 Å². The monoisotopic (exact) mass is 144 g/mol. The van der Waals surface area contributed by atoms with E-state index in [2.05, 4.69) is 11.9 Å². The lowest BCUT2D eigenvalue weighted by atomic mass is 10.3. The third kappa shape index (κ3) is 34.6. The Balaban J connectivity index is 0. The van der Waals surface area contributed by atoms with Crippen molar-refractivity contribution >= 4 is 10.4 Å². The minimum absolute atomic E-state index is 1.15. The number of hydrogen-bond donors (Lipinski definition) is 1. The second kappa shape index (κ2) is 15.6. The zero-order valence-corrected chi connectivity index (χ0v) is 8.57. The number of nitriles is 1. The molecule has 3 heteroatoms. The zero-order chi connectivity index (χ0) is 7.54. The van der Waals surface area contributed by atoms with Crippen LogP contribution in [0.5, 0.6) is 0 Å². The van der Waals surface area contributed by atoms with E-state index in [9.17, 15) is 0 Å². The smallest absolute Gasteiger partial charge is 0.0749 e. The van der Waals surface area contributed by atoms with Gasteiger partial charge in [0.15, 0.2) is 0 Å². The predicted octanol–water partition coefficient (Wildman–Crippen LogP) is 0.186. The Morgan fingerprint density at radius 3 is 2.22 bits per heavy atom. The lowest BCUT2D eigenvalue weighted by Crippen LogP contribution is -2.08. The van der Waals surface area contributed by atoms with Gasteiger partial charge >= 0.3 is 0 Å². The molecule has 0 saturated heterocycles. The highest BCUT2D eigenvalue weighted by molar-refractivity contribution is 6.04. The van der Waals surface area contributed by atoms with Crippen LogP contribution in [0.2, 0.25) is 0 Å². The summed E-state index contributed by atoms with van der Waals surface area (Å²) in [4.78, 5) is 3.21. The van der Waals surface area contributed by atoms with Crippen molar-refractivity contribution in [2.24, 2.45) is 0 Å². The Bertz CT molecular complexity index is 63.9. The molecule has 0 bridgehead atoms. The van der Waals surface area contributed by atoms with Crippen LogP contribution >= 0.6 is 0 Å². The van der Waals surface area contributed by atoms with Crippen molar-refractivity contribution in [3.63, 3.8) is 0 Å². The number of hydrogen-bond acceptors (Lipinski definition) is 2. The molecule has 0 aromatic heterocycles. The molecule has 0 spiro atoms. The van der Waals surface area contributed by atoms with E-state index in [1.165, 1.54) is 26.3 Å². The SMILES string of the molecule is CC#N.CCCCN[SiH3]. The van der Waals surface area contributed by atoms with Gasteiger partial charge in [-0.3, -0.25) is 0 Å². The molecule has 0 atom stereocenters. The first-order valence-electron chi connectivity index (χ1n) is 3.28. The maximum Gasteiger partial charge on any atom is 0.0749 e. The molecule has 0 rings (SSSR count). The van der Waals surface area contributed by atoms with Gasteiger partial charge < -0.3 is 4.98 Å². The first kappa shape index (κ1) is 11.5. The second-order valence-corrected chi connectivity index (χ2v) is 2.39. The molecule has 0 amide bonds. The molecule has 0 radical (unpaired) electrons. The Morgan fingerprint density at radius 1 is 1.67 bits per heavy atom. The van der Waals surface area contributed by atoms with Crippen LogP contribution < -0.4 is 4.98 Å². The molecule has 0 aliphatic rings. The summed E-state index contributed by atoms with van der Waals surface area (Å²) in [6, 6.07) is 1.75. The maximum atomic E-state index is 7.32. The van der Waals surface area contributed by atoms with Crippen molar-refractivity contribution in [3.05, 3.63) is 0 Å². The maximum absolute atomic E-state index is 7.32. The van der Waals surface area contributed by atoms with Crippen molar-refractivity contribution in [1.82, 2.24) is 4.98 Å². The molecule has 0 aliphatic carbocycles. The van der Waals surface area contributed by atoms with E-state index in [1.807, 2.05) is 0 Å². The summed E-state index contributed by atoms with van der Waals surface area (Å²) in [5.74, 6) is 0. The topological polar surface area (TPSA) is 35.8 Å². The average Bonchev–Trinajstić information content (AvgIpc) is 1.86. The molecule has 0 heterocycles. The van der Waals surface area contributed by atoms with E-state index >= 15 is 0 Å². The predicted molar refractivity (Wildman–Crippen MR) is 44.1 cm³/mol. The fraction of sp³-hybridized carbons (Fsp3) is 0.833. The molecular weight excluding hydrogens is 128 g/mol. The quantitative estimate of drug-likeness (QED) is 0.453. The summed E-state index contributed by atoms with van der Waals surface area (Å²) in [6.45, 7) is 4.86. The van der Waals surface area contributed by atoms with E-state index in [0.29, 0.717) is 0 Å². The largest absolute Gasteiger partial charge is 0.345 e. The Kier molecular flexibility index (Phi) is 19.9. The van der Waals surface area contributed by atoms with Crippen LogP contribution in [0.15, 0.2) is 0 Å². The average molecular weight is 144 g/mol. The summed E-state index contributed by atoms with van der Waals surface area (Å²) < 4.78 is 0. The molecule has 0 unspecified atom stereocenters. The number of nitrogens with one attached hydrogen (secondary N) is 1. The minimum Gasteiger partial charge on any atom is -0.345 e. The molecular formula is C6H16N2Si. The number of unbranched alkanes of at least 4 members (excludes halogenated alkanes) is 1. The summed E-state index contributed by atoms with van der Waals surface area (Å²) in [5, 5.41) is 7.32. The van der Waals surface area contributed by atoms with Crippen LogP contribution in [-0.2, 0) is 0 Å². The highest BCUT2D eigenvalue weighted by atomic mass is 28.2. The Hall–Kier alpha value is -0.333. The van der Waals surface area contributed by atoms with Crippen molar-refractivity contribution in [1.29, 1.82) is 5.26 Å². The highest BCUT2D eigenvalue weighted by Crippen LogP contribution is 1.79. The molecule has 0 aliphatic heterocycles. The van der Waals surface area contributed by atoms with Gasteiger partial charge in [0.05, 0.1) is 16.5 Å². The van der Waals surface area contributed by atoms with Gasteiger partial charge in [-0.05, 0) is 13.0 Å². The third-order valence-electron chi connectivity index (χ3n) is 0.780. The standard InChI is InChI=1S/C4H13NSi.C2H3N/c1-2-3-4-5-6;1-2-3/h5H,2-4H2,1,6H3;1H3. The van der Waals surface area contributed by atoms with Gasteiger partial charge in [0, 0.05) is 6.92 Å². The van der Waals surface area contributed by atoms with Gasteiger partial charge in [-0.2, -0.15) is 5.26 Å². The van der Waals surface area contributed by atoms with Crippen LogP contribution in [0, 0.1) is 11.3 Å². The summed E-state index contributed by atoms with van der Waals surface area (Å²) in [5.41, 5.74) is 0. The number of nitrogens with zero attached hydrogens (tertiary/aromatic N) is 1. The highest BCUT2D eigenvalue weighted by Gasteiger charge is 1.73. The van der Waals surface area contributed by atoms with Crippen molar-refractivity contribution in [3.8, 4) is 6.07 Å². The lowest BCUT2D eigenvalue weighted by Gasteiger charge is -1.89. The molecule has 1 N–H and O–H groups in total. The molecule has 0 aromatic carbocycles. The third-order valence-corrected chi connectivity index (χ3v) is 1.28. The number of rotatable bonds is 3. The molecule has 0 saturated carbocycles. The van der Waals surface area contributed by atoms with Gasteiger partial charge in [0.2, 0.25) is 0 Å². The van der Waals surface area contributed by atoms with Crippen LogP contribution in [0.25, 0.3) is 0 Å². The fourth-order valence-corrected chi connectivity index (χ4v) is 0.707. The van der Waals surface area contributed by atoms with Crippen molar-refractivity contribution in [2.75, 3.05) is 6.54 Å². The summed E-state index contributed by atoms with van der Waals surface area (Å²) in [6.07, 6.45) is 2.65. The van der Waals surface area contributed by atoms with Gasteiger partial charge in [0.1, 0.15) is 0 Å². The van der Waals surface area contributed by atoms with Crippen molar-refractivity contribution < 1.29 is 0 Å². The fourth-order valence-electron chi connectivity index (χ4n) is 0.354. The molecule has 54 valence electrons. The molecule has 2 nitrogen and oxygen atoms in total. The minimum atomic E-state index is 1.15. The first-order valence-corrected chi connectivity index (χ1v) is 4.28. The van der Waals surface area contributed by atoms with E-state index in [1.54, 1.807) is 6.07 Å². The van der Waals surface area contributed by atoms with Crippen LogP contribution in [-0.4, -0.2) is 16.9 Å². The van der Waals surface area contributed by atoms with E-state index in [0.717, 1.165) is 10.4 Å². The zero-order valence-electron chi connectivity index (χ0n) is 6.57. The second-order valence-electron chi connectivity index (χ2n) is 1.68. The van der Waals surface area contributed by atoms with Gasteiger partial charge in [-0.25, -0.2) is 0 Å². The molecule has 0 fully saturated rings.